The lowest BCUT2D eigenvalue weighted by atomic mass is 9.95. The molecular formula is C18H22BrNO. The predicted molar refractivity (Wildman–Crippen MR) is 92.1 cm³/mol. The zero-order chi connectivity index (χ0) is 15.4. The molecule has 0 bridgehead atoms. The SMILES string of the molecule is CCNC(c1ccc(C)c(C)c1)c1ccc(OC)c(Br)c1. The molecule has 0 aliphatic heterocycles. The molecule has 112 valence electrons. The number of benzene rings is 2. The van der Waals surface area contributed by atoms with Crippen LogP contribution in [-0.4, -0.2) is 13.7 Å². The second-order valence-electron chi connectivity index (χ2n) is 5.23. The van der Waals surface area contributed by atoms with Gasteiger partial charge in [-0.25, -0.2) is 0 Å². The molecule has 0 aromatic heterocycles. The maximum atomic E-state index is 5.31. The van der Waals surface area contributed by atoms with Crippen molar-refractivity contribution in [2.75, 3.05) is 13.7 Å². The summed E-state index contributed by atoms with van der Waals surface area (Å²) in [7, 11) is 1.69. The van der Waals surface area contributed by atoms with Crippen molar-refractivity contribution < 1.29 is 4.74 Å². The molecule has 2 nitrogen and oxygen atoms in total. The van der Waals surface area contributed by atoms with Gasteiger partial charge in [-0.05, 0) is 70.7 Å². The average Bonchev–Trinajstić information content (AvgIpc) is 2.48. The zero-order valence-electron chi connectivity index (χ0n) is 13.0. The molecule has 0 aliphatic carbocycles. The monoisotopic (exact) mass is 347 g/mol. The lowest BCUT2D eigenvalue weighted by Gasteiger charge is -2.21. The molecule has 0 saturated carbocycles. The Kier molecular flexibility index (Phi) is 5.43. The second kappa shape index (κ2) is 7.10. The summed E-state index contributed by atoms with van der Waals surface area (Å²) in [6.07, 6.45) is 0. The van der Waals surface area contributed by atoms with Gasteiger partial charge in [-0.15, -0.1) is 0 Å². The topological polar surface area (TPSA) is 21.3 Å². The van der Waals surface area contributed by atoms with Crippen LogP contribution in [-0.2, 0) is 0 Å². The van der Waals surface area contributed by atoms with Gasteiger partial charge in [-0.1, -0.05) is 31.2 Å². The van der Waals surface area contributed by atoms with Crippen LogP contribution in [0, 0.1) is 13.8 Å². The van der Waals surface area contributed by atoms with Crippen molar-refractivity contribution in [3.63, 3.8) is 0 Å². The van der Waals surface area contributed by atoms with Crippen LogP contribution in [0.1, 0.15) is 35.2 Å². The molecular weight excluding hydrogens is 326 g/mol. The highest BCUT2D eigenvalue weighted by Crippen LogP contribution is 2.31. The summed E-state index contributed by atoms with van der Waals surface area (Å²) in [6.45, 7) is 7.35. The lowest BCUT2D eigenvalue weighted by molar-refractivity contribution is 0.412. The lowest BCUT2D eigenvalue weighted by Crippen LogP contribution is -2.22. The number of nitrogens with one attached hydrogen (secondary N) is 1. The third-order valence-electron chi connectivity index (χ3n) is 3.78. The molecule has 0 heterocycles. The second-order valence-corrected chi connectivity index (χ2v) is 6.08. The van der Waals surface area contributed by atoms with Crippen molar-refractivity contribution in [3.8, 4) is 5.75 Å². The molecule has 0 fully saturated rings. The van der Waals surface area contributed by atoms with Crippen molar-refractivity contribution in [3.05, 3.63) is 63.1 Å². The van der Waals surface area contributed by atoms with Crippen molar-refractivity contribution in [2.24, 2.45) is 0 Å². The zero-order valence-corrected chi connectivity index (χ0v) is 14.6. The number of halogens is 1. The minimum Gasteiger partial charge on any atom is -0.496 e. The maximum absolute atomic E-state index is 5.31. The molecule has 0 spiro atoms. The van der Waals surface area contributed by atoms with E-state index in [2.05, 4.69) is 72.3 Å². The van der Waals surface area contributed by atoms with E-state index in [0.717, 1.165) is 16.8 Å². The van der Waals surface area contributed by atoms with Gasteiger partial charge in [0.15, 0.2) is 0 Å². The van der Waals surface area contributed by atoms with Crippen LogP contribution in [0.25, 0.3) is 0 Å². The van der Waals surface area contributed by atoms with Crippen LogP contribution in [0.4, 0.5) is 0 Å². The minimum absolute atomic E-state index is 0.191. The van der Waals surface area contributed by atoms with Crippen molar-refractivity contribution in [2.45, 2.75) is 26.8 Å². The van der Waals surface area contributed by atoms with Gasteiger partial charge in [-0.2, -0.15) is 0 Å². The standard InChI is InChI=1S/C18H22BrNO/c1-5-20-18(14-7-6-12(2)13(3)10-14)15-8-9-17(21-4)16(19)11-15/h6-11,18,20H,5H2,1-4H3. The van der Waals surface area contributed by atoms with Crippen LogP contribution in [0.3, 0.4) is 0 Å². The summed E-state index contributed by atoms with van der Waals surface area (Å²) < 4.78 is 6.29. The summed E-state index contributed by atoms with van der Waals surface area (Å²) in [4.78, 5) is 0. The van der Waals surface area contributed by atoms with E-state index in [1.54, 1.807) is 7.11 Å². The Balaban J connectivity index is 2.42. The van der Waals surface area contributed by atoms with E-state index in [1.807, 2.05) is 6.07 Å². The van der Waals surface area contributed by atoms with Crippen LogP contribution in [0.5, 0.6) is 5.75 Å². The fraction of sp³-hybridized carbons (Fsp3) is 0.333. The Hall–Kier alpha value is -1.32. The Bertz CT molecular complexity index is 625. The van der Waals surface area contributed by atoms with Gasteiger partial charge in [0, 0.05) is 0 Å². The predicted octanol–water partition coefficient (Wildman–Crippen LogP) is 4.77. The average molecular weight is 348 g/mol. The molecule has 0 saturated heterocycles. The first-order valence-corrected chi connectivity index (χ1v) is 8.00. The quantitative estimate of drug-likeness (QED) is 0.840. The van der Waals surface area contributed by atoms with Gasteiger partial charge in [0.05, 0.1) is 17.6 Å². The van der Waals surface area contributed by atoms with E-state index in [4.69, 9.17) is 4.74 Å². The Labute approximate surface area is 135 Å². The molecule has 2 rings (SSSR count). The van der Waals surface area contributed by atoms with Gasteiger partial charge in [0.2, 0.25) is 0 Å². The van der Waals surface area contributed by atoms with Crippen LogP contribution in [0.2, 0.25) is 0 Å². The fourth-order valence-electron chi connectivity index (χ4n) is 2.44. The molecule has 1 atom stereocenters. The van der Waals surface area contributed by atoms with Gasteiger partial charge in [0.1, 0.15) is 5.75 Å². The van der Waals surface area contributed by atoms with Crippen LogP contribution in [0.15, 0.2) is 40.9 Å². The molecule has 21 heavy (non-hydrogen) atoms. The number of aryl methyl sites for hydroxylation is 2. The maximum Gasteiger partial charge on any atom is 0.133 e. The van der Waals surface area contributed by atoms with Crippen molar-refractivity contribution >= 4 is 15.9 Å². The molecule has 2 aromatic rings. The van der Waals surface area contributed by atoms with E-state index >= 15 is 0 Å². The highest BCUT2D eigenvalue weighted by molar-refractivity contribution is 9.10. The normalized spacial score (nSPS) is 12.2. The largest absolute Gasteiger partial charge is 0.496 e. The smallest absolute Gasteiger partial charge is 0.133 e. The van der Waals surface area contributed by atoms with Gasteiger partial charge in [0.25, 0.3) is 0 Å². The van der Waals surface area contributed by atoms with Gasteiger partial charge >= 0.3 is 0 Å². The highest BCUT2D eigenvalue weighted by Gasteiger charge is 2.15. The molecule has 0 aliphatic rings. The van der Waals surface area contributed by atoms with Gasteiger partial charge in [-0.3, -0.25) is 0 Å². The molecule has 2 aromatic carbocycles. The van der Waals surface area contributed by atoms with E-state index < -0.39 is 0 Å². The third-order valence-corrected chi connectivity index (χ3v) is 4.40. The molecule has 1 N–H and O–H groups in total. The summed E-state index contributed by atoms with van der Waals surface area (Å²) in [6, 6.07) is 13.1. The molecule has 0 amide bonds. The number of hydrogen-bond acceptors (Lipinski definition) is 2. The Morgan fingerprint density at radius 2 is 1.71 bits per heavy atom. The third kappa shape index (κ3) is 3.66. The summed E-state index contributed by atoms with van der Waals surface area (Å²) in [5, 5.41) is 3.56. The first kappa shape index (κ1) is 16.1. The first-order chi connectivity index (χ1) is 10.1. The van der Waals surface area contributed by atoms with E-state index in [9.17, 15) is 0 Å². The number of rotatable bonds is 5. The molecule has 3 heteroatoms. The van der Waals surface area contributed by atoms with E-state index in [1.165, 1.54) is 22.3 Å². The summed E-state index contributed by atoms with van der Waals surface area (Å²) in [5.41, 5.74) is 5.16. The summed E-state index contributed by atoms with van der Waals surface area (Å²) in [5.74, 6) is 0.856. The first-order valence-electron chi connectivity index (χ1n) is 7.20. The van der Waals surface area contributed by atoms with E-state index in [0.29, 0.717) is 0 Å². The van der Waals surface area contributed by atoms with Gasteiger partial charge < -0.3 is 10.1 Å². The van der Waals surface area contributed by atoms with Crippen molar-refractivity contribution in [1.29, 1.82) is 0 Å². The number of hydrogen-bond donors (Lipinski definition) is 1. The Morgan fingerprint density at radius 1 is 1.05 bits per heavy atom. The van der Waals surface area contributed by atoms with E-state index in [-0.39, 0.29) is 6.04 Å². The van der Waals surface area contributed by atoms with Crippen LogP contribution >= 0.6 is 15.9 Å². The fourth-order valence-corrected chi connectivity index (χ4v) is 3.00. The summed E-state index contributed by atoms with van der Waals surface area (Å²) >= 11 is 3.57. The highest BCUT2D eigenvalue weighted by atomic mass is 79.9. The molecule has 0 radical (unpaired) electrons. The Morgan fingerprint density at radius 3 is 2.29 bits per heavy atom. The molecule has 1 unspecified atom stereocenters. The van der Waals surface area contributed by atoms with Crippen LogP contribution < -0.4 is 10.1 Å². The number of ether oxygens (including phenoxy) is 1. The van der Waals surface area contributed by atoms with Crippen molar-refractivity contribution in [1.82, 2.24) is 5.32 Å². The number of methoxy groups -OCH3 is 1. The minimum atomic E-state index is 0.191.